The molecule has 0 aromatic carbocycles. The fourth-order valence-electron chi connectivity index (χ4n) is 2.67. The van der Waals surface area contributed by atoms with Gasteiger partial charge in [0.2, 0.25) is 0 Å². The Morgan fingerprint density at radius 1 is 1.33 bits per heavy atom. The maximum Gasteiger partial charge on any atom is -0.00460 e. The molecule has 1 rings (SSSR count). The van der Waals surface area contributed by atoms with Crippen LogP contribution < -0.4 is 5.73 Å². The van der Waals surface area contributed by atoms with Crippen LogP contribution in [0.25, 0.3) is 0 Å². The Morgan fingerprint density at radius 3 is 2.50 bits per heavy atom. The SMILES string of the molecule is CC(C)[C@H]1CC[C@@H](C)C[C@H]1CN. The van der Waals surface area contributed by atoms with E-state index in [1.807, 2.05) is 0 Å². The van der Waals surface area contributed by atoms with E-state index in [-0.39, 0.29) is 0 Å². The molecule has 2 N–H and O–H groups in total. The van der Waals surface area contributed by atoms with Crippen LogP contribution in [0.4, 0.5) is 0 Å². The van der Waals surface area contributed by atoms with Crippen LogP contribution in [-0.4, -0.2) is 6.54 Å². The van der Waals surface area contributed by atoms with Crippen LogP contribution in [0.1, 0.15) is 40.0 Å². The molecular formula is C11H23N. The van der Waals surface area contributed by atoms with E-state index in [1.165, 1.54) is 19.3 Å². The first-order valence-electron chi connectivity index (χ1n) is 5.35. The lowest BCUT2D eigenvalue weighted by Crippen LogP contribution is -2.32. The van der Waals surface area contributed by atoms with Gasteiger partial charge in [0.1, 0.15) is 0 Å². The summed E-state index contributed by atoms with van der Waals surface area (Å²) in [5, 5.41) is 0. The smallest absolute Gasteiger partial charge is 0.00460 e. The highest BCUT2D eigenvalue weighted by Crippen LogP contribution is 2.37. The average molecular weight is 169 g/mol. The summed E-state index contributed by atoms with van der Waals surface area (Å²) in [6.45, 7) is 7.93. The maximum absolute atomic E-state index is 5.79. The molecule has 0 aliphatic heterocycles. The topological polar surface area (TPSA) is 26.0 Å². The quantitative estimate of drug-likeness (QED) is 0.675. The summed E-state index contributed by atoms with van der Waals surface area (Å²) in [5.74, 6) is 3.43. The van der Waals surface area contributed by atoms with E-state index in [9.17, 15) is 0 Å². The first-order valence-corrected chi connectivity index (χ1v) is 5.35. The second kappa shape index (κ2) is 4.27. The maximum atomic E-state index is 5.79. The summed E-state index contributed by atoms with van der Waals surface area (Å²) >= 11 is 0. The van der Waals surface area contributed by atoms with Gasteiger partial charge in [-0.25, -0.2) is 0 Å². The molecule has 1 aliphatic carbocycles. The van der Waals surface area contributed by atoms with Gasteiger partial charge in [0.25, 0.3) is 0 Å². The summed E-state index contributed by atoms with van der Waals surface area (Å²) in [5.41, 5.74) is 5.79. The Kier molecular flexibility index (Phi) is 3.57. The molecule has 0 unspecified atom stereocenters. The van der Waals surface area contributed by atoms with Crippen LogP contribution in [0, 0.1) is 23.7 Å². The summed E-state index contributed by atoms with van der Waals surface area (Å²) < 4.78 is 0. The van der Waals surface area contributed by atoms with Crippen molar-refractivity contribution in [3.05, 3.63) is 0 Å². The van der Waals surface area contributed by atoms with E-state index in [4.69, 9.17) is 5.73 Å². The Bertz CT molecular complexity index is 131. The summed E-state index contributed by atoms with van der Waals surface area (Å²) in [6.07, 6.45) is 4.18. The Hall–Kier alpha value is -0.0400. The number of hydrogen-bond acceptors (Lipinski definition) is 1. The zero-order chi connectivity index (χ0) is 9.14. The predicted octanol–water partition coefficient (Wildman–Crippen LogP) is 2.65. The minimum atomic E-state index is 0.800. The first kappa shape index (κ1) is 10.0. The molecule has 0 spiro atoms. The van der Waals surface area contributed by atoms with Gasteiger partial charge in [0, 0.05) is 0 Å². The van der Waals surface area contributed by atoms with Crippen molar-refractivity contribution in [1.82, 2.24) is 0 Å². The van der Waals surface area contributed by atoms with Gasteiger partial charge in [0.15, 0.2) is 0 Å². The molecule has 0 bridgehead atoms. The van der Waals surface area contributed by atoms with Crippen LogP contribution in [-0.2, 0) is 0 Å². The largest absolute Gasteiger partial charge is 0.330 e. The number of hydrogen-bond donors (Lipinski definition) is 1. The van der Waals surface area contributed by atoms with Gasteiger partial charge in [-0.2, -0.15) is 0 Å². The van der Waals surface area contributed by atoms with Crippen molar-refractivity contribution in [2.24, 2.45) is 29.4 Å². The summed E-state index contributed by atoms with van der Waals surface area (Å²) in [7, 11) is 0. The molecule has 0 aromatic rings. The van der Waals surface area contributed by atoms with Gasteiger partial charge in [-0.05, 0) is 43.1 Å². The van der Waals surface area contributed by atoms with E-state index < -0.39 is 0 Å². The van der Waals surface area contributed by atoms with Crippen LogP contribution in [0.5, 0.6) is 0 Å². The van der Waals surface area contributed by atoms with Gasteiger partial charge in [-0.1, -0.05) is 27.2 Å². The van der Waals surface area contributed by atoms with Crippen molar-refractivity contribution < 1.29 is 0 Å². The standard InChI is InChI=1S/C11H23N/c1-8(2)11-5-4-9(3)6-10(11)7-12/h8-11H,4-7,12H2,1-3H3/t9-,10+,11-/m1/s1. The molecule has 0 saturated heterocycles. The minimum Gasteiger partial charge on any atom is -0.330 e. The zero-order valence-corrected chi connectivity index (χ0v) is 8.72. The lowest BCUT2D eigenvalue weighted by Gasteiger charge is -2.36. The molecule has 1 fully saturated rings. The molecule has 1 nitrogen and oxygen atoms in total. The van der Waals surface area contributed by atoms with Gasteiger partial charge in [-0.3, -0.25) is 0 Å². The molecule has 3 atom stereocenters. The number of nitrogens with two attached hydrogens (primary N) is 1. The highest BCUT2D eigenvalue weighted by atomic mass is 14.6. The molecular weight excluding hydrogens is 146 g/mol. The second-order valence-electron chi connectivity index (χ2n) is 4.82. The van der Waals surface area contributed by atoms with Crippen LogP contribution in [0.2, 0.25) is 0 Å². The van der Waals surface area contributed by atoms with Gasteiger partial charge >= 0.3 is 0 Å². The minimum absolute atomic E-state index is 0.800. The van der Waals surface area contributed by atoms with E-state index in [0.717, 1.165) is 30.2 Å². The predicted molar refractivity (Wildman–Crippen MR) is 53.9 cm³/mol. The molecule has 0 radical (unpaired) electrons. The zero-order valence-electron chi connectivity index (χ0n) is 8.72. The Balaban J connectivity index is 2.50. The third kappa shape index (κ3) is 2.22. The molecule has 0 amide bonds. The second-order valence-corrected chi connectivity index (χ2v) is 4.82. The van der Waals surface area contributed by atoms with Crippen molar-refractivity contribution in [2.45, 2.75) is 40.0 Å². The fourth-order valence-corrected chi connectivity index (χ4v) is 2.67. The van der Waals surface area contributed by atoms with Gasteiger partial charge < -0.3 is 5.73 Å². The van der Waals surface area contributed by atoms with Crippen LogP contribution in [0.3, 0.4) is 0 Å². The van der Waals surface area contributed by atoms with Gasteiger partial charge in [-0.15, -0.1) is 0 Å². The molecule has 12 heavy (non-hydrogen) atoms. The molecule has 0 heterocycles. The molecule has 1 heteroatoms. The average Bonchev–Trinajstić information content (AvgIpc) is 2.03. The molecule has 0 aromatic heterocycles. The van der Waals surface area contributed by atoms with Crippen LogP contribution >= 0.6 is 0 Å². The van der Waals surface area contributed by atoms with Gasteiger partial charge in [0.05, 0.1) is 0 Å². The van der Waals surface area contributed by atoms with Crippen molar-refractivity contribution in [3.63, 3.8) is 0 Å². The van der Waals surface area contributed by atoms with Crippen LogP contribution in [0.15, 0.2) is 0 Å². The Labute approximate surface area is 76.7 Å². The van der Waals surface area contributed by atoms with Crippen molar-refractivity contribution in [2.75, 3.05) is 6.54 Å². The van der Waals surface area contributed by atoms with Crippen molar-refractivity contribution >= 4 is 0 Å². The van der Waals surface area contributed by atoms with E-state index in [2.05, 4.69) is 20.8 Å². The third-order valence-electron chi connectivity index (χ3n) is 3.46. The normalized spacial score (nSPS) is 37.2. The molecule has 1 aliphatic rings. The molecule has 1 saturated carbocycles. The highest BCUT2D eigenvalue weighted by Gasteiger charge is 2.29. The van der Waals surface area contributed by atoms with E-state index >= 15 is 0 Å². The first-order chi connectivity index (χ1) is 5.65. The third-order valence-corrected chi connectivity index (χ3v) is 3.46. The monoisotopic (exact) mass is 169 g/mol. The summed E-state index contributed by atoms with van der Waals surface area (Å²) in [6, 6.07) is 0. The van der Waals surface area contributed by atoms with E-state index in [1.54, 1.807) is 0 Å². The lowest BCUT2D eigenvalue weighted by atomic mass is 9.70. The van der Waals surface area contributed by atoms with Crippen molar-refractivity contribution in [3.8, 4) is 0 Å². The lowest BCUT2D eigenvalue weighted by molar-refractivity contribution is 0.150. The fraction of sp³-hybridized carbons (Fsp3) is 1.00. The number of rotatable bonds is 2. The molecule has 72 valence electrons. The van der Waals surface area contributed by atoms with E-state index in [0.29, 0.717) is 0 Å². The summed E-state index contributed by atoms with van der Waals surface area (Å²) in [4.78, 5) is 0. The van der Waals surface area contributed by atoms with Crippen molar-refractivity contribution in [1.29, 1.82) is 0 Å². The Morgan fingerprint density at radius 2 is 2.00 bits per heavy atom. The highest BCUT2D eigenvalue weighted by molar-refractivity contribution is 4.80.